The third kappa shape index (κ3) is 3.64. The number of methoxy groups -OCH3 is 1. The number of benzene rings is 1. The molecule has 108 valence electrons. The molecule has 0 spiro atoms. The summed E-state index contributed by atoms with van der Waals surface area (Å²) in [6.07, 6.45) is -0.600. The van der Waals surface area contributed by atoms with Crippen LogP contribution >= 0.6 is 0 Å². The van der Waals surface area contributed by atoms with E-state index in [9.17, 15) is 4.79 Å². The molecule has 0 saturated heterocycles. The van der Waals surface area contributed by atoms with Crippen LogP contribution in [0.1, 0.15) is 26.3 Å². The number of carbonyl (C=O) groups is 1. The maximum absolute atomic E-state index is 12.1. The molecule has 0 aliphatic rings. The number of hydrogen-bond acceptors (Lipinski definition) is 4. The Morgan fingerprint density at radius 3 is 2.50 bits per heavy atom. The lowest BCUT2D eigenvalue weighted by Crippen LogP contribution is -2.40. The first kappa shape index (κ1) is 15.8. The van der Waals surface area contributed by atoms with E-state index in [2.05, 4.69) is 0 Å². The van der Waals surface area contributed by atoms with Gasteiger partial charge in [-0.15, -0.1) is 0 Å². The molecule has 1 aromatic rings. The van der Waals surface area contributed by atoms with E-state index < -0.39 is 6.10 Å². The van der Waals surface area contributed by atoms with E-state index in [-0.39, 0.29) is 5.91 Å². The standard InChI is InChI=1S/C15H20N2O3/c1-5-17(6-2)15(18)11(3)20-13-8-7-12(10-16)9-14(13)19-4/h7-9,11H,5-6H2,1-4H3. The molecule has 5 heteroatoms. The summed E-state index contributed by atoms with van der Waals surface area (Å²) in [7, 11) is 1.50. The molecule has 0 radical (unpaired) electrons. The van der Waals surface area contributed by atoms with Crippen molar-refractivity contribution in [1.29, 1.82) is 5.26 Å². The van der Waals surface area contributed by atoms with Crippen molar-refractivity contribution in [3.05, 3.63) is 23.8 Å². The monoisotopic (exact) mass is 276 g/mol. The summed E-state index contributed by atoms with van der Waals surface area (Å²) in [5.41, 5.74) is 0.483. The zero-order valence-electron chi connectivity index (χ0n) is 12.3. The molecule has 1 amide bonds. The van der Waals surface area contributed by atoms with E-state index >= 15 is 0 Å². The highest BCUT2D eigenvalue weighted by atomic mass is 16.5. The molecule has 1 rings (SSSR count). The van der Waals surface area contributed by atoms with Gasteiger partial charge in [0.25, 0.3) is 5.91 Å². The molecule has 0 saturated carbocycles. The maximum atomic E-state index is 12.1. The van der Waals surface area contributed by atoms with Crippen molar-refractivity contribution in [3.63, 3.8) is 0 Å². The van der Waals surface area contributed by atoms with Crippen molar-refractivity contribution in [2.45, 2.75) is 26.9 Å². The smallest absolute Gasteiger partial charge is 0.263 e. The van der Waals surface area contributed by atoms with E-state index in [0.29, 0.717) is 30.2 Å². The minimum absolute atomic E-state index is 0.0681. The lowest BCUT2D eigenvalue weighted by molar-refractivity contribution is -0.137. The van der Waals surface area contributed by atoms with Gasteiger partial charge in [-0.2, -0.15) is 5.26 Å². The van der Waals surface area contributed by atoms with Crippen molar-refractivity contribution >= 4 is 5.91 Å². The summed E-state index contributed by atoms with van der Waals surface area (Å²) in [4.78, 5) is 13.8. The topological polar surface area (TPSA) is 62.6 Å². The summed E-state index contributed by atoms with van der Waals surface area (Å²) in [5, 5.41) is 8.85. The Labute approximate surface area is 119 Å². The predicted octanol–water partition coefficient (Wildman–Crippen LogP) is 2.20. The fourth-order valence-electron chi connectivity index (χ4n) is 1.87. The molecule has 0 N–H and O–H groups in total. The molecule has 0 bridgehead atoms. The number of amides is 1. The molecule has 1 atom stereocenters. The Balaban J connectivity index is 2.88. The van der Waals surface area contributed by atoms with Crippen LogP contribution in [0.15, 0.2) is 18.2 Å². The summed E-state index contributed by atoms with van der Waals surface area (Å²) in [6, 6.07) is 6.89. The van der Waals surface area contributed by atoms with Crippen LogP contribution in [0.3, 0.4) is 0 Å². The minimum atomic E-state index is -0.600. The number of ether oxygens (including phenoxy) is 2. The molecule has 0 heterocycles. The average molecular weight is 276 g/mol. The highest BCUT2D eigenvalue weighted by molar-refractivity contribution is 5.81. The van der Waals surface area contributed by atoms with Crippen LogP contribution in [0.25, 0.3) is 0 Å². The Morgan fingerprint density at radius 2 is 2.00 bits per heavy atom. The zero-order valence-corrected chi connectivity index (χ0v) is 12.3. The molecule has 0 aliphatic carbocycles. The second kappa shape index (κ2) is 7.39. The van der Waals surface area contributed by atoms with E-state index in [4.69, 9.17) is 14.7 Å². The van der Waals surface area contributed by atoms with Gasteiger partial charge in [0.1, 0.15) is 0 Å². The predicted molar refractivity (Wildman–Crippen MR) is 75.7 cm³/mol. The number of rotatable bonds is 6. The Bertz CT molecular complexity index is 504. The molecule has 5 nitrogen and oxygen atoms in total. The van der Waals surface area contributed by atoms with Gasteiger partial charge in [0.2, 0.25) is 0 Å². The van der Waals surface area contributed by atoms with Crippen molar-refractivity contribution in [1.82, 2.24) is 4.90 Å². The molecule has 0 aliphatic heterocycles. The first-order valence-electron chi connectivity index (χ1n) is 6.60. The average Bonchev–Trinajstić information content (AvgIpc) is 2.48. The van der Waals surface area contributed by atoms with Crippen LogP contribution in [0, 0.1) is 11.3 Å². The van der Waals surface area contributed by atoms with Gasteiger partial charge in [-0.1, -0.05) is 0 Å². The van der Waals surface area contributed by atoms with Gasteiger partial charge in [-0.25, -0.2) is 0 Å². The number of carbonyl (C=O) groups excluding carboxylic acids is 1. The van der Waals surface area contributed by atoms with Gasteiger partial charge in [0.05, 0.1) is 18.7 Å². The number of hydrogen-bond donors (Lipinski definition) is 0. The largest absolute Gasteiger partial charge is 0.493 e. The lowest BCUT2D eigenvalue weighted by atomic mass is 10.2. The summed E-state index contributed by atoms with van der Waals surface area (Å²) < 4.78 is 10.8. The maximum Gasteiger partial charge on any atom is 0.263 e. The third-order valence-corrected chi connectivity index (χ3v) is 3.02. The van der Waals surface area contributed by atoms with Crippen molar-refractivity contribution < 1.29 is 14.3 Å². The highest BCUT2D eigenvalue weighted by Crippen LogP contribution is 2.28. The quantitative estimate of drug-likeness (QED) is 0.799. The van der Waals surface area contributed by atoms with Crippen LogP contribution in [0.4, 0.5) is 0 Å². The van der Waals surface area contributed by atoms with Crippen LogP contribution in [0.5, 0.6) is 11.5 Å². The number of likely N-dealkylation sites (N-methyl/N-ethyl adjacent to an activating group) is 1. The van der Waals surface area contributed by atoms with Gasteiger partial charge >= 0.3 is 0 Å². The Hall–Kier alpha value is -2.22. The van der Waals surface area contributed by atoms with Gasteiger partial charge in [0.15, 0.2) is 17.6 Å². The third-order valence-electron chi connectivity index (χ3n) is 3.02. The Kier molecular flexibility index (Phi) is 5.85. The lowest BCUT2D eigenvalue weighted by Gasteiger charge is -2.24. The van der Waals surface area contributed by atoms with Crippen molar-refractivity contribution in [2.75, 3.05) is 20.2 Å². The van der Waals surface area contributed by atoms with E-state index in [1.807, 2.05) is 19.9 Å². The molecule has 20 heavy (non-hydrogen) atoms. The van der Waals surface area contributed by atoms with E-state index in [1.165, 1.54) is 7.11 Å². The van der Waals surface area contributed by atoms with Gasteiger partial charge in [-0.05, 0) is 32.9 Å². The van der Waals surface area contributed by atoms with Gasteiger partial charge in [0, 0.05) is 19.2 Å². The second-order valence-corrected chi connectivity index (χ2v) is 4.25. The first-order valence-corrected chi connectivity index (χ1v) is 6.60. The van der Waals surface area contributed by atoms with Crippen LogP contribution < -0.4 is 9.47 Å². The normalized spacial score (nSPS) is 11.3. The van der Waals surface area contributed by atoms with Crippen molar-refractivity contribution in [3.8, 4) is 17.6 Å². The summed E-state index contributed by atoms with van der Waals surface area (Å²) >= 11 is 0. The molecule has 0 fully saturated rings. The van der Waals surface area contributed by atoms with Crippen LogP contribution in [0.2, 0.25) is 0 Å². The first-order chi connectivity index (χ1) is 9.57. The SMILES string of the molecule is CCN(CC)C(=O)C(C)Oc1ccc(C#N)cc1OC. The number of nitrogens with zero attached hydrogens (tertiary/aromatic N) is 2. The van der Waals surface area contributed by atoms with Gasteiger partial charge in [-0.3, -0.25) is 4.79 Å². The van der Waals surface area contributed by atoms with Crippen LogP contribution in [-0.2, 0) is 4.79 Å². The van der Waals surface area contributed by atoms with E-state index in [0.717, 1.165) is 0 Å². The van der Waals surface area contributed by atoms with Gasteiger partial charge < -0.3 is 14.4 Å². The molecule has 0 aromatic heterocycles. The molecule has 1 aromatic carbocycles. The fourth-order valence-corrected chi connectivity index (χ4v) is 1.87. The van der Waals surface area contributed by atoms with Crippen LogP contribution in [-0.4, -0.2) is 37.1 Å². The molecular formula is C15H20N2O3. The fraction of sp³-hybridized carbons (Fsp3) is 0.467. The molecular weight excluding hydrogens is 256 g/mol. The number of nitriles is 1. The summed E-state index contributed by atoms with van der Waals surface area (Å²) in [5.74, 6) is 0.837. The Morgan fingerprint density at radius 1 is 1.35 bits per heavy atom. The molecule has 1 unspecified atom stereocenters. The minimum Gasteiger partial charge on any atom is -0.493 e. The van der Waals surface area contributed by atoms with Crippen molar-refractivity contribution in [2.24, 2.45) is 0 Å². The second-order valence-electron chi connectivity index (χ2n) is 4.25. The highest BCUT2D eigenvalue weighted by Gasteiger charge is 2.21. The van der Waals surface area contributed by atoms with E-state index in [1.54, 1.807) is 30.0 Å². The zero-order chi connectivity index (χ0) is 15.1. The summed E-state index contributed by atoms with van der Waals surface area (Å²) in [6.45, 7) is 6.85.